The van der Waals surface area contributed by atoms with E-state index < -0.39 is 23.5 Å². The molecule has 2 aromatic heterocycles. The average molecular weight is 381 g/mol. The third-order valence-electron chi connectivity index (χ3n) is 4.34. The van der Waals surface area contributed by atoms with Gasteiger partial charge in [-0.2, -0.15) is 0 Å². The van der Waals surface area contributed by atoms with Gasteiger partial charge in [-0.15, -0.1) is 11.3 Å². The van der Waals surface area contributed by atoms with Crippen LogP contribution < -0.4 is 9.64 Å². The number of ketones is 1. The van der Waals surface area contributed by atoms with Gasteiger partial charge in [-0.05, 0) is 35.7 Å². The maximum absolute atomic E-state index is 13.0. The Morgan fingerprint density at radius 3 is 2.74 bits per heavy atom. The number of anilines is 1. The third-order valence-corrected chi connectivity index (χ3v) is 5.27. The molecule has 1 unspecified atom stereocenters. The Morgan fingerprint density at radius 1 is 1.22 bits per heavy atom. The summed E-state index contributed by atoms with van der Waals surface area (Å²) in [4.78, 5) is 28.0. The molecule has 0 fully saturated rings. The van der Waals surface area contributed by atoms with Crippen LogP contribution in [0.2, 0.25) is 0 Å². The van der Waals surface area contributed by atoms with E-state index in [4.69, 9.17) is 9.15 Å². The Kier molecular flexibility index (Phi) is 4.29. The number of hydrogen-bond acceptors (Lipinski definition) is 6. The van der Waals surface area contributed by atoms with Crippen molar-refractivity contribution >= 4 is 28.7 Å². The quantitative estimate of drug-likeness (QED) is 0.672. The average Bonchev–Trinajstić information content (AvgIpc) is 3.43. The van der Waals surface area contributed by atoms with E-state index in [0.717, 1.165) is 4.88 Å². The van der Waals surface area contributed by atoms with Gasteiger partial charge in [0.2, 0.25) is 5.78 Å². The lowest BCUT2D eigenvalue weighted by atomic mass is 10.00. The summed E-state index contributed by atoms with van der Waals surface area (Å²) in [6.45, 7) is 0. The van der Waals surface area contributed by atoms with Crippen LogP contribution in [0.15, 0.2) is 75.9 Å². The molecule has 1 aromatic carbocycles. The molecule has 1 N–H and O–H groups in total. The molecule has 1 aliphatic heterocycles. The number of thiophene rings is 1. The van der Waals surface area contributed by atoms with Crippen LogP contribution in [0.5, 0.6) is 5.75 Å². The summed E-state index contributed by atoms with van der Waals surface area (Å²) in [5.41, 5.74) is 0.520. The first kappa shape index (κ1) is 17.1. The molecule has 1 aliphatic rings. The molecule has 3 aromatic rings. The van der Waals surface area contributed by atoms with E-state index in [1.165, 1.54) is 35.7 Å². The smallest absolute Gasteiger partial charge is 0.294 e. The van der Waals surface area contributed by atoms with Crippen molar-refractivity contribution in [3.8, 4) is 5.75 Å². The number of benzene rings is 1. The SMILES string of the molecule is COc1cccc(N2C(=O)C(O)=C(C(=O)c3ccco3)C2c2cccs2)c1. The van der Waals surface area contributed by atoms with Crippen LogP contribution in [-0.4, -0.2) is 23.9 Å². The molecule has 0 aliphatic carbocycles. The van der Waals surface area contributed by atoms with Crippen molar-refractivity contribution in [1.29, 1.82) is 0 Å². The zero-order valence-corrected chi connectivity index (χ0v) is 15.1. The summed E-state index contributed by atoms with van der Waals surface area (Å²) in [6, 6.07) is 12.9. The van der Waals surface area contributed by atoms with Crippen LogP contribution in [0.3, 0.4) is 0 Å². The standard InChI is InChI=1S/C20H15NO5S/c1-25-13-6-2-5-12(11-13)21-17(15-8-4-10-27-15)16(19(23)20(21)24)18(22)14-7-3-9-26-14/h2-11,17,23H,1H3. The molecular formula is C20H15NO5S. The van der Waals surface area contributed by atoms with Crippen LogP contribution in [0.25, 0.3) is 0 Å². The van der Waals surface area contributed by atoms with E-state index in [9.17, 15) is 14.7 Å². The van der Waals surface area contributed by atoms with Gasteiger partial charge in [-0.3, -0.25) is 14.5 Å². The molecule has 4 rings (SSSR count). The Balaban J connectivity index is 1.86. The molecule has 0 saturated carbocycles. The number of aliphatic hydroxyl groups excluding tert-OH is 1. The maximum Gasteiger partial charge on any atom is 0.294 e. The maximum atomic E-state index is 13.0. The van der Waals surface area contributed by atoms with Gasteiger partial charge >= 0.3 is 0 Å². The summed E-state index contributed by atoms with van der Waals surface area (Å²) in [5.74, 6) is -1.10. The molecule has 7 heteroatoms. The number of carbonyl (C=O) groups excluding carboxylic acids is 2. The van der Waals surface area contributed by atoms with Gasteiger partial charge < -0.3 is 14.3 Å². The van der Waals surface area contributed by atoms with E-state index >= 15 is 0 Å². The summed E-state index contributed by atoms with van der Waals surface area (Å²) in [7, 11) is 1.53. The van der Waals surface area contributed by atoms with Crippen LogP contribution >= 0.6 is 11.3 Å². The van der Waals surface area contributed by atoms with Crippen molar-refractivity contribution in [2.24, 2.45) is 0 Å². The first-order valence-electron chi connectivity index (χ1n) is 8.14. The predicted octanol–water partition coefficient (Wildman–Crippen LogP) is 4.13. The molecule has 0 bridgehead atoms. The van der Waals surface area contributed by atoms with Crippen molar-refractivity contribution in [3.63, 3.8) is 0 Å². The van der Waals surface area contributed by atoms with E-state index in [0.29, 0.717) is 11.4 Å². The second kappa shape index (κ2) is 6.77. The minimum Gasteiger partial charge on any atom is -0.503 e. The highest BCUT2D eigenvalue weighted by Gasteiger charge is 2.45. The molecule has 1 amide bonds. The number of Topliss-reactive ketones (excluding diaryl/α,β-unsaturated/α-hetero) is 1. The number of ether oxygens (including phenoxy) is 1. The normalized spacial score (nSPS) is 16.9. The number of nitrogens with zero attached hydrogens (tertiary/aromatic N) is 1. The topological polar surface area (TPSA) is 80.0 Å². The van der Waals surface area contributed by atoms with Crippen LogP contribution in [0.1, 0.15) is 21.5 Å². The molecule has 0 saturated heterocycles. The minimum absolute atomic E-state index is 0.000204. The van der Waals surface area contributed by atoms with Crippen molar-refractivity contribution < 1.29 is 23.8 Å². The molecule has 0 radical (unpaired) electrons. The Labute approximate surface area is 158 Å². The highest BCUT2D eigenvalue weighted by atomic mass is 32.1. The fourth-order valence-electron chi connectivity index (χ4n) is 3.12. The number of carbonyl (C=O) groups is 2. The number of aliphatic hydroxyl groups is 1. The van der Waals surface area contributed by atoms with Crippen LogP contribution in [-0.2, 0) is 4.79 Å². The molecule has 0 spiro atoms. The number of hydrogen-bond donors (Lipinski definition) is 1. The van der Waals surface area contributed by atoms with Crippen molar-refractivity contribution in [2.75, 3.05) is 12.0 Å². The highest BCUT2D eigenvalue weighted by Crippen LogP contribution is 2.43. The van der Waals surface area contributed by atoms with Crippen molar-refractivity contribution in [2.45, 2.75) is 6.04 Å². The van der Waals surface area contributed by atoms with Gasteiger partial charge in [0.1, 0.15) is 11.8 Å². The number of methoxy groups -OCH3 is 1. The van der Waals surface area contributed by atoms with Gasteiger partial charge in [0.25, 0.3) is 5.91 Å². The first-order valence-corrected chi connectivity index (χ1v) is 9.02. The van der Waals surface area contributed by atoms with Crippen molar-refractivity contribution in [1.82, 2.24) is 0 Å². The summed E-state index contributed by atoms with van der Waals surface area (Å²) in [5, 5.41) is 12.4. The number of furan rings is 1. The second-order valence-electron chi connectivity index (χ2n) is 5.86. The predicted molar refractivity (Wildman–Crippen MR) is 100 cm³/mol. The number of amides is 1. The van der Waals surface area contributed by atoms with E-state index in [1.54, 1.807) is 30.3 Å². The lowest BCUT2D eigenvalue weighted by molar-refractivity contribution is -0.117. The summed E-state index contributed by atoms with van der Waals surface area (Å²) < 4.78 is 10.4. The molecular weight excluding hydrogens is 366 g/mol. The summed E-state index contributed by atoms with van der Waals surface area (Å²) in [6.07, 6.45) is 1.38. The zero-order valence-electron chi connectivity index (χ0n) is 14.3. The molecule has 6 nitrogen and oxygen atoms in total. The van der Waals surface area contributed by atoms with Crippen LogP contribution in [0, 0.1) is 0 Å². The fraction of sp³-hybridized carbons (Fsp3) is 0.100. The van der Waals surface area contributed by atoms with E-state index in [-0.39, 0.29) is 11.3 Å². The van der Waals surface area contributed by atoms with E-state index in [2.05, 4.69) is 0 Å². The van der Waals surface area contributed by atoms with Gasteiger partial charge in [0.15, 0.2) is 11.5 Å². The zero-order chi connectivity index (χ0) is 19.0. The number of rotatable bonds is 5. The third kappa shape index (κ3) is 2.82. The van der Waals surface area contributed by atoms with Crippen molar-refractivity contribution in [3.05, 3.63) is 82.1 Å². The molecule has 136 valence electrons. The Morgan fingerprint density at radius 2 is 2.07 bits per heavy atom. The van der Waals surface area contributed by atoms with E-state index in [1.807, 2.05) is 17.5 Å². The minimum atomic E-state index is -0.748. The highest BCUT2D eigenvalue weighted by molar-refractivity contribution is 7.10. The Hall–Kier alpha value is -3.32. The van der Waals surface area contributed by atoms with Crippen LogP contribution in [0.4, 0.5) is 5.69 Å². The summed E-state index contributed by atoms with van der Waals surface area (Å²) >= 11 is 1.40. The lowest BCUT2D eigenvalue weighted by Crippen LogP contribution is -2.30. The largest absolute Gasteiger partial charge is 0.503 e. The van der Waals surface area contributed by atoms with Gasteiger partial charge in [0, 0.05) is 16.6 Å². The monoisotopic (exact) mass is 381 g/mol. The van der Waals surface area contributed by atoms with Gasteiger partial charge in [-0.1, -0.05) is 12.1 Å². The lowest BCUT2D eigenvalue weighted by Gasteiger charge is -2.25. The van der Waals surface area contributed by atoms with Gasteiger partial charge in [-0.25, -0.2) is 0 Å². The Bertz CT molecular complexity index is 1020. The molecule has 3 heterocycles. The molecule has 27 heavy (non-hydrogen) atoms. The fourth-order valence-corrected chi connectivity index (χ4v) is 3.94. The van der Waals surface area contributed by atoms with Gasteiger partial charge in [0.05, 0.1) is 18.9 Å². The molecule has 1 atom stereocenters. The second-order valence-corrected chi connectivity index (χ2v) is 6.84. The first-order chi connectivity index (χ1) is 13.1.